The SMILES string of the molecule is CCC(=O)NCCc1cccc(C(Nc2ccc(CN(C)C)cc2)=C2C(=O)Nc3cc(F)ccc32)c1. The Kier molecular flexibility index (Phi) is 7.80. The van der Waals surface area contributed by atoms with E-state index >= 15 is 0 Å². The molecule has 3 N–H and O–H groups in total. The summed E-state index contributed by atoms with van der Waals surface area (Å²) in [6.45, 7) is 3.18. The number of fused-ring (bicyclic) bond motifs is 1. The zero-order valence-electron chi connectivity index (χ0n) is 20.8. The number of nitrogens with zero attached hydrogens (tertiary/aromatic N) is 1. The van der Waals surface area contributed by atoms with Crippen LogP contribution in [0.2, 0.25) is 0 Å². The van der Waals surface area contributed by atoms with E-state index in [9.17, 15) is 14.0 Å². The van der Waals surface area contributed by atoms with Crippen LogP contribution in [0, 0.1) is 5.82 Å². The van der Waals surface area contributed by atoms with Crippen molar-refractivity contribution < 1.29 is 14.0 Å². The summed E-state index contributed by atoms with van der Waals surface area (Å²) in [4.78, 5) is 26.8. The molecule has 1 aliphatic rings. The second-order valence-corrected chi connectivity index (χ2v) is 9.11. The van der Waals surface area contributed by atoms with Gasteiger partial charge >= 0.3 is 0 Å². The number of carbonyl (C=O) groups excluding carboxylic acids is 2. The van der Waals surface area contributed by atoms with E-state index in [1.807, 2.05) is 57.4 Å². The van der Waals surface area contributed by atoms with E-state index in [1.165, 1.54) is 17.7 Å². The Hall–Kier alpha value is -3.97. The van der Waals surface area contributed by atoms with Crippen LogP contribution in [0.4, 0.5) is 15.8 Å². The third-order valence-corrected chi connectivity index (χ3v) is 5.97. The molecule has 0 fully saturated rings. The van der Waals surface area contributed by atoms with Crippen molar-refractivity contribution in [3.05, 3.63) is 94.8 Å². The molecule has 0 atom stereocenters. The summed E-state index contributed by atoms with van der Waals surface area (Å²) >= 11 is 0. The van der Waals surface area contributed by atoms with Crippen molar-refractivity contribution in [1.29, 1.82) is 0 Å². The molecule has 2 amide bonds. The third kappa shape index (κ3) is 5.98. The third-order valence-electron chi connectivity index (χ3n) is 5.97. The molecule has 0 aliphatic carbocycles. The molecule has 0 unspecified atom stereocenters. The van der Waals surface area contributed by atoms with E-state index in [0.717, 1.165) is 23.4 Å². The quantitative estimate of drug-likeness (QED) is 0.377. The summed E-state index contributed by atoms with van der Waals surface area (Å²) in [5.74, 6) is -0.680. The highest BCUT2D eigenvalue weighted by Gasteiger charge is 2.29. The summed E-state index contributed by atoms with van der Waals surface area (Å²) in [7, 11) is 4.04. The Morgan fingerprint density at radius 2 is 1.78 bits per heavy atom. The maximum Gasteiger partial charge on any atom is 0.258 e. The number of anilines is 2. The lowest BCUT2D eigenvalue weighted by Gasteiger charge is -2.17. The Bertz CT molecular complexity index is 1300. The standard InChI is InChI=1S/C29H31FN4O2/c1-4-26(35)31-15-14-19-6-5-7-21(16-19)28(32-23-11-8-20(9-12-23)18-34(2)3)27-24-13-10-22(30)17-25(24)33-29(27)36/h5-13,16-17,32H,4,14-15,18H2,1-3H3,(H,31,35)(H,33,36). The van der Waals surface area contributed by atoms with Crippen LogP contribution in [-0.4, -0.2) is 37.4 Å². The fourth-order valence-corrected chi connectivity index (χ4v) is 4.23. The number of hydrogen-bond acceptors (Lipinski definition) is 4. The van der Waals surface area contributed by atoms with Crippen molar-refractivity contribution in [1.82, 2.24) is 10.2 Å². The van der Waals surface area contributed by atoms with E-state index in [0.29, 0.717) is 41.9 Å². The molecule has 3 aromatic carbocycles. The topological polar surface area (TPSA) is 73.5 Å². The molecular weight excluding hydrogens is 455 g/mol. The molecule has 0 bridgehead atoms. The second kappa shape index (κ2) is 11.2. The zero-order valence-corrected chi connectivity index (χ0v) is 20.8. The lowest BCUT2D eigenvalue weighted by molar-refractivity contribution is -0.120. The molecule has 1 aliphatic heterocycles. The Labute approximate surface area is 211 Å². The van der Waals surface area contributed by atoms with E-state index in [2.05, 4.69) is 33.0 Å². The minimum atomic E-state index is -0.405. The maximum atomic E-state index is 13.9. The maximum absolute atomic E-state index is 13.9. The van der Waals surface area contributed by atoms with Gasteiger partial charge < -0.3 is 20.9 Å². The number of hydrogen-bond donors (Lipinski definition) is 3. The number of amides is 2. The van der Waals surface area contributed by atoms with Gasteiger partial charge in [-0.15, -0.1) is 0 Å². The molecule has 6 nitrogen and oxygen atoms in total. The van der Waals surface area contributed by atoms with Gasteiger partial charge in [0.15, 0.2) is 0 Å². The van der Waals surface area contributed by atoms with Crippen molar-refractivity contribution in [2.45, 2.75) is 26.3 Å². The molecule has 0 saturated heterocycles. The van der Waals surface area contributed by atoms with Crippen molar-refractivity contribution in [2.75, 3.05) is 31.3 Å². The van der Waals surface area contributed by atoms with Gasteiger partial charge in [0.05, 0.1) is 17.0 Å². The molecule has 186 valence electrons. The van der Waals surface area contributed by atoms with E-state index < -0.39 is 5.82 Å². The fourth-order valence-electron chi connectivity index (χ4n) is 4.23. The smallest absolute Gasteiger partial charge is 0.258 e. The van der Waals surface area contributed by atoms with Gasteiger partial charge in [-0.25, -0.2) is 4.39 Å². The minimum Gasteiger partial charge on any atom is -0.356 e. The number of nitrogens with one attached hydrogen (secondary N) is 3. The van der Waals surface area contributed by atoms with Crippen LogP contribution in [-0.2, 0) is 22.6 Å². The number of rotatable bonds is 9. The first kappa shape index (κ1) is 25.1. The Morgan fingerprint density at radius 3 is 2.50 bits per heavy atom. The van der Waals surface area contributed by atoms with Crippen LogP contribution in [0.1, 0.15) is 35.6 Å². The van der Waals surface area contributed by atoms with Crippen LogP contribution in [0.5, 0.6) is 0 Å². The van der Waals surface area contributed by atoms with Gasteiger partial charge in [0.2, 0.25) is 5.91 Å². The van der Waals surface area contributed by atoms with Gasteiger partial charge in [-0.05, 0) is 73.6 Å². The Morgan fingerprint density at radius 1 is 1.00 bits per heavy atom. The lowest BCUT2D eigenvalue weighted by Crippen LogP contribution is -2.24. The van der Waals surface area contributed by atoms with E-state index in [4.69, 9.17) is 0 Å². The average molecular weight is 487 g/mol. The minimum absolute atomic E-state index is 0.0137. The van der Waals surface area contributed by atoms with Crippen molar-refractivity contribution in [2.24, 2.45) is 0 Å². The fraction of sp³-hybridized carbons (Fsp3) is 0.241. The highest BCUT2D eigenvalue weighted by molar-refractivity contribution is 6.37. The molecule has 0 aromatic heterocycles. The van der Waals surface area contributed by atoms with Gasteiger partial charge in [0, 0.05) is 30.8 Å². The largest absolute Gasteiger partial charge is 0.356 e. The molecule has 0 radical (unpaired) electrons. The highest BCUT2D eigenvalue weighted by atomic mass is 19.1. The molecule has 0 spiro atoms. The first-order valence-electron chi connectivity index (χ1n) is 12.1. The van der Waals surface area contributed by atoms with Gasteiger partial charge in [0.25, 0.3) is 5.91 Å². The van der Waals surface area contributed by atoms with Crippen LogP contribution >= 0.6 is 0 Å². The van der Waals surface area contributed by atoms with Crippen LogP contribution in [0.3, 0.4) is 0 Å². The van der Waals surface area contributed by atoms with Gasteiger partial charge in [-0.3, -0.25) is 9.59 Å². The first-order valence-corrected chi connectivity index (χ1v) is 12.1. The van der Waals surface area contributed by atoms with Crippen molar-refractivity contribution in [3.63, 3.8) is 0 Å². The zero-order chi connectivity index (χ0) is 25.7. The molecule has 0 saturated carbocycles. The number of benzene rings is 3. The summed E-state index contributed by atoms with van der Waals surface area (Å²) in [5, 5.41) is 9.15. The normalized spacial score (nSPS) is 13.9. The number of halogens is 1. The number of carbonyl (C=O) groups is 2. The van der Waals surface area contributed by atoms with Gasteiger partial charge in [-0.2, -0.15) is 0 Å². The van der Waals surface area contributed by atoms with E-state index in [-0.39, 0.29) is 11.8 Å². The van der Waals surface area contributed by atoms with Crippen LogP contribution in [0.15, 0.2) is 66.7 Å². The average Bonchev–Trinajstić information content (AvgIpc) is 3.17. The second-order valence-electron chi connectivity index (χ2n) is 9.11. The highest BCUT2D eigenvalue weighted by Crippen LogP contribution is 2.38. The predicted molar refractivity (Wildman–Crippen MR) is 143 cm³/mol. The van der Waals surface area contributed by atoms with Crippen LogP contribution < -0.4 is 16.0 Å². The summed E-state index contributed by atoms with van der Waals surface area (Å²) in [6.07, 6.45) is 1.11. The molecule has 36 heavy (non-hydrogen) atoms. The predicted octanol–water partition coefficient (Wildman–Crippen LogP) is 4.89. The molecule has 3 aromatic rings. The summed E-state index contributed by atoms with van der Waals surface area (Å²) in [5.41, 5.74) is 6.07. The lowest BCUT2D eigenvalue weighted by atomic mass is 9.98. The molecule has 4 rings (SSSR count). The van der Waals surface area contributed by atoms with Crippen LogP contribution in [0.25, 0.3) is 11.3 Å². The van der Waals surface area contributed by atoms with Gasteiger partial charge in [-0.1, -0.05) is 37.3 Å². The van der Waals surface area contributed by atoms with Crippen molar-refractivity contribution >= 4 is 34.5 Å². The molecule has 7 heteroatoms. The first-order chi connectivity index (χ1) is 17.3. The van der Waals surface area contributed by atoms with E-state index in [1.54, 1.807) is 6.07 Å². The summed E-state index contributed by atoms with van der Waals surface area (Å²) < 4.78 is 13.9. The van der Waals surface area contributed by atoms with Crippen molar-refractivity contribution in [3.8, 4) is 0 Å². The summed E-state index contributed by atoms with van der Waals surface area (Å²) in [6, 6.07) is 20.3. The monoisotopic (exact) mass is 486 g/mol. The molecule has 1 heterocycles. The van der Waals surface area contributed by atoms with Gasteiger partial charge in [0.1, 0.15) is 5.82 Å². The Balaban J connectivity index is 1.72. The molecular formula is C29H31FN4O2.